The smallest absolute Gasteiger partial charge is 0.862 e. The molecule has 0 bridgehead atoms. The topological polar surface area (TPSA) is 116 Å². The summed E-state index contributed by atoms with van der Waals surface area (Å²) in [5.41, 5.74) is 5.49. The molecular weight excluding hydrogens is 243 g/mol. The predicted molar refractivity (Wildman–Crippen MR) is 53.4 cm³/mol. The van der Waals surface area contributed by atoms with E-state index in [9.17, 15) is 13.5 Å². The summed E-state index contributed by atoms with van der Waals surface area (Å²) in [6, 6.07) is 3.58. The number of hydrogen-bond donors (Lipinski definition) is 2. The molecule has 0 heterocycles. The Bertz CT molecular complexity index is 509. The zero-order valence-corrected chi connectivity index (χ0v) is 11.7. The Morgan fingerprint density at radius 1 is 1.50 bits per heavy atom. The van der Waals surface area contributed by atoms with Crippen LogP contribution < -0.4 is 40.4 Å². The van der Waals surface area contributed by atoms with Gasteiger partial charge in [0.1, 0.15) is 4.90 Å². The van der Waals surface area contributed by atoms with Gasteiger partial charge in [0.25, 0.3) is 10.1 Å². The van der Waals surface area contributed by atoms with E-state index < -0.39 is 20.9 Å². The Kier molecular flexibility index (Phi) is 5.43. The van der Waals surface area contributed by atoms with Gasteiger partial charge in [-0.2, -0.15) is 8.42 Å². The summed E-state index contributed by atoms with van der Waals surface area (Å²) < 4.78 is 30.6. The first-order valence-electron chi connectivity index (χ1n) is 3.90. The normalized spacial score (nSPS) is 12.0. The molecule has 1 aromatic rings. The van der Waals surface area contributed by atoms with Crippen LogP contribution in [0, 0.1) is 0 Å². The summed E-state index contributed by atoms with van der Waals surface area (Å²) >= 11 is 0. The summed E-state index contributed by atoms with van der Waals surface area (Å²) in [5.74, 6) is -0.578. The third kappa shape index (κ3) is 4.11. The molecule has 0 fully saturated rings. The molecule has 1 rings (SSSR count). The van der Waals surface area contributed by atoms with Gasteiger partial charge in [-0.1, -0.05) is 0 Å². The Balaban J connectivity index is 0.00000225. The van der Waals surface area contributed by atoms with Gasteiger partial charge in [0, 0.05) is 5.69 Å². The molecule has 0 aliphatic heterocycles. The fraction of sp³-hybridized carbons (Fsp3) is 0.125. The van der Waals surface area contributed by atoms with Crippen molar-refractivity contribution >= 4 is 27.4 Å². The van der Waals surface area contributed by atoms with Crippen LogP contribution >= 0.6 is 0 Å². The van der Waals surface area contributed by atoms with Crippen molar-refractivity contribution in [1.29, 1.82) is 0 Å². The Hall–Kier alpha value is -0.600. The number of nitrogens with zero attached hydrogens (tertiary/aromatic N) is 1. The molecule has 0 aliphatic rings. The van der Waals surface area contributed by atoms with Crippen molar-refractivity contribution < 1.29 is 47.6 Å². The molecule has 16 heavy (non-hydrogen) atoms. The molecule has 1 aromatic carbocycles. The monoisotopic (exact) mass is 252 g/mol. The first kappa shape index (κ1) is 15.4. The van der Waals surface area contributed by atoms with Crippen LogP contribution in [0.1, 0.15) is 6.92 Å². The van der Waals surface area contributed by atoms with Gasteiger partial charge in [-0.15, -0.1) is 0 Å². The van der Waals surface area contributed by atoms with E-state index in [1.165, 1.54) is 12.1 Å². The van der Waals surface area contributed by atoms with E-state index in [1.807, 2.05) is 0 Å². The number of hydrogen-bond acceptors (Lipinski definition) is 5. The maximum absolute atomic E-state index is 10.9. The van der Waals surface area contributed by atoms with Gasteiger partial charge in [-0.05, 0) is 31.0 Å². The number of anilines is 1. The first-order chi connectivity index (χ1) is 6.80. The van der Waals surface area contributed by atoms with Crippen LogP contribution in [0.15, 0.2) is 28.1 Å². The van der Waals surface area contributed by atoms with Crippen molar-refractivity contribution in [3.63, 3.8) is 0 Å². The van der Waals surface area contributed by atoms with Crippen molar-refractivity contribution in [2.75, 3.05) is 5.73 Å². The van der Waals surface area contributed by atoms with Gasteiger partial charge in [0.15, 0.2) is 0 Å². The van der Waals surface area contributed by atoms with Gasteiger partial charge in [0.05, 0.1) is 5.69 Å². The van der Waals surface area contributed by atoms with Gasteiger partial charge >= 0.3 is 29.6 Å². The van der Waals surface area contributed by atoms with Crippen LogP contribution in [0.3, 0.4) is 0 Å². The average molecular weight is 252 g/mol. The van der Waals surface area contributed by atoms with Crippen molar-refractivity contribution in [2.24, 2.45) is 4.99 Å². The molecule has 3 N–H and O–H groups in total. The summed E-state index contributed by atoms with van der Waals surface area (Å²) in [7, 11) is -4.40. The van der Waals surface area contributed by atoms with Crippen LogP contribution in [-0.4, -0.2) is 18.9 Å². The fourth-order valence-corrected chi connectivity index (χ4v) is 1.62. The minimum atomic E-state index is -4.40. The number of rotatable bonds is 2. The van der Waals surface area contributed by atoms with Gasteiger partial charge in [0.2, 0.25) is 0 Å². The van der Waals surface area contributed by atoms with Crippen molar-refractivity contribution in [2.45, 2.75) is 11.8 Å². The minimum absolute atomic E-state index is 0. The zero-order chi connectivity index (χ0) is 11.6. The van der Waals surface area contributed by atoms with Gasteiger partial charge in [-0.3, -0.25) is 9.55 Å². The molecule has 0 atom stereocenters. The fourth-order valence-electron chi connectivity index (χ4n) is 1.01. The molecule has 8 heteroatoms. The SMILES string of the molecule is CC([O-])=Nc1cc(N)ccc1S(=O)(=O)O.[Na+]. The van der Waals surface area contributed by atoms with E-state index in [-0.39, 0.29) is 40.9 Å². The second-order valence-corrected chi connectivity index (χ2v) is 4.22. The number of nitrogens with two attached hydrogens (primary N) is 1. The molecule has 6 nitrogen and oxygen atoms in total. The summed E-state index contributed by atoms with van der Waals surface area (Å²) in [5, 5.41) is 10.7. The van der Waals surface area contributed by atoms with Gasteiger partial charge in [-0.25, -0.2) is 0 Å². The second-order valence-electron chi connectivity index (χ2n) is 2.83. The second kappa shape index (κ2) is 5.65. The molecule has 0 aromatic heterocycles. The van der Waals surface area contributed by atoms with E-state index in [0.29, 0.717) is 0 Å². The van der Waals surface area contributed by atoms with E-state index in [2.05, 4.69) is 4.99 Å². The average Bonchev–Trinajstić information content (AvgIpc) is 1.99. The molecule has 0 unspecified atom stereocenters. The summed E-state index contributed by atoms with van der Waals surface area (Å²) in [4.78, 5) is 2.99. The molecule has 0 amide bonds. The molecular formula is C8H9N2NaO4S. The van der Waals surface area contributed by atoms with Crippen LogP contribution in [-0.2, 0) is 10.1 Å². The Morgan fingerprint density at radius 2 is 2.06 bits per heavy atom. The van der Waals surface area contributed by atoms with E-state index in [0.717, 1.165) is 13.0 Å². The van der Waals surface area contributed by atoms with Crippen molar-refractivity contribution in [3.05, 3.63) is 18.2 Å². The Labute approximate surface area is 115 Å². The predicted octanol–water partition coefficient (Wildman–Crippen LogP) is -3.07. The van der Waals surface area contributed by atoms with Crippen LogP contribution in [0.5, 0.6) is 0 Å². The standard InChI is InChI=1S/C8H10N2O4S.Na/c1-5(11)10-7-4-6(9)2-3-8(7)15(12,13)14;/h2-4H,9H2,1H3,(H,10,11)(H,12,13,14);/q;+1/p-1. The molecule has 0 saturated carbocycles. The maximum Gasteiger partial charge on any atom is 1.00 e. The van der Waals surface area contributed by atoms with E-state index in [1.54, 1.807) is 0 Å². The molecule has 0 aliphatic carbocycles. The van der Waals surface area contributed by atoms with Crippen LogP contribution in [0.2, 0.25) is 0 Å². The third-order valence-corrected chi connectivity index (χ3v) is 2.44. The number of aliphatic imine (C=N–C) groups is 1. The van der Waals surface area contributed by atoms with E-state index >= 15 is 0 Å². The number of benzene rings is 1. The quantitative estimate of drug-likeness (QED) is 0.190. The number of nitrogen functional groups attached to an aromatic ring is 1. The first-order valence-corrected chi connectivity index (χ1v) is 5.34. The maximum atomic E-state index is 10.9. The summed E-state index contributed by atoms with van der Waals surface area (Å²) in [6.07, 6.45) is 0. The van der Waals surface area contributed by atoms with Crippen LogP contribution in [0.25, 0.3) is 0 Å². The molecule has 0 spiro atoms. The third-order valence-electron chi connectivity index (χ3n) is 1.54. The van der Waals surface area contributed by atoms with Gasteiger partial charge < -0.3 is 10.8 Å². The zero-order valence-electron chi connectivity index (χ0n) is 8.84. The van der Waals surface area contributed by atoms with Crippen molar-refractivity contribution in [3.8, 4) is 0 Å². The van der Waals surface area contributed by atoms with Crippen LogP contribution in [0.4, 0.5) is 11.4 Å². The van der Waals surface area contributed by atoms with E-state index in [4.69, 9.17) is 10.3 Å². The summed E-state index contributed by atoms with van der Waals surface area (Å²) in [6.45, 7) is 1.16. The Morgan fingerprint density at radius 3 is 2.50 bits per heavy atom. The molecule has 0 radical (unpaired) electrons. The minimum Gasteiger partial charge on any atom is -0.862 e. The molecule has 0 saturated heterocycles. The molecule has 82 valence electrons. The largest absolute Gasteiger partial charge is 1.00 e. The van der Waals surface area contributed by atoms with Crippen molar-refractivity contribution in [1.82, 2.24) is 0 Å².